The van der Waals surface area contributed by atoms with Crippen LogP contribution in [0.25, 0.3) is 0 Å². The summed E-state index contributed by atoms with van der Waals surface area (Å²) in [6.45, 7) is 5.87. The molecule has 128 valence electrons. The highest BCUT2D eigenvalue weighted by molar-refractivity contribution is 5.74. The van der Waals surface area contributed by atoms with Gasteiger partial charge in [-0.15, -0.1) is 0 Å². The first-order chi connectivity index (χ1) is 10.6. The van der Waals surface area contributed by atoms with Gasteiger partial charge in [-0.1, -0.05) is 0 Å². The summed E-state index contributed by atoms with van der Waals surface area (Å²) in [6.07, 6.45) is 3.84. The molecule has 22 heavy (non-hydrogen) atoms. The van der Waals surface area contributed by atoms with Gasteiger partial charge in [0.05, 0.1) is 6.61 Å². The average Bonchev–Trinajstić information content (AvgIpc) is 2.55. The number of likely N-dealkylation sites (tertiary alicyclic amines) is 1. The second-order valence-electron chi connectivity index (χ2n) is 6.85. The molecule has 2 fully saturated rings. The molecule has 0 saturated carbocycles. The number of aliphatic hydroxyl groups excluding tert-OH is 1. The topological polar surface area (TPSA) is 56.3 Å². The Balaban J connectivity index is 1.92. The fourth-order valence-corrected chi connectivity index (χ4v) is 3.57. The van der Waals surface area contributed by atoms with Gasteiger partial charge in [0.1, 0.15) is 0 Å². The van der Waals surface area contributed by atoms with Crippen LogP contribution in [0.3, 0.4) is 0 Å². The molecule has 2 saturated heterocycles. The van der Waals surface area contributed by atoms with E-state index in [4.69, 9.17) is 4.74 Å². The number of piperidine rings is 1. The van der Waals surface area contributed by atoms with Crippen molar-refractivity contribution in [1.82, 2.24) is 14.7 Å². The fourth-order valence-electron chi connectivity index (χ4n) is 3.57. The molecule has 2 aliphatic rings. The van der Waals surface area contributed by atoms with Crippen LogP contribution < -0.4 is 0 Å². The van der Waals surface area contributed by atoms with Crippen LogP contribution in [-0.4, -0.2) is 92.5 Å². The Morgan fingerprint density at radius 3 is 2.55 bits per heavy atom. The van der Waals surface area contributed by atoms with E-state index in [1.54, 1.807) is 7.11 Å². The molecular weight excluding hydrogens is 282 g/mol. The molecule has 0 bridgehead atoms. The smallest absolute Gasteiger partial charge is 0.320 e. The molecular formula is C16H31N3O3. The molecule has 0 radical (unpaired) electrons. The number of carbonyl (C=O) groups excluding carboxylic acids is 1. The van der Waals surface area contributed by atoms with E-state index in [0.29, 0.717) is 13.2 Å². The molecule has 2 amide bonds. The molecule has 0 spiro atoms. The lowest BCUT2D eigenvalue weighted by molar-refractivity contribution is 0.0228. The van der Waals surface area contributed by atoms with E-state index in [2.05, 4.69) is 11.9 Å². The van der Waals surface area contributed by atoms with Crippen LogP contribution >= 0.6 is 0 Å². The highest BCUT2D eigenvalue weighted by Crippen LogP contribution is 2.34. The third-order valence-corrected chi connectivity index (χ3v) is 5.10. The van der Waals surface area contributed by atoms with Crippen LogP contribution in [0.2, 0.25) is 0 Å². The number of piperazine rings is 1. The zero-order valence-electron chi connectivity index (χ0n) is 14.1. The number of nitrogens with zero attached hydrogens (tertiary/aromatic N) is 3. The summed E-state index contributed by atoms with van der Waals surface area (Å²) in [4.78, 5) is 18.9. The molecule has 2 aliphatic heterocycles. The monoisotopic (exact) mass is 313 g/mol. The highest BCUT2D eigenvalue weighted by atomic mass is 16.5. The van der Waals surface area contributed by atoms with Gasteiger partial charge in [-0.05, 0) is 32.7 Å². The minimum Gasteiger partial charge on any atom is -0.396 e. The SMILES string of the molecule is COCCC[C@@]1(CO)CCCN(C(=O)N2CCN(C)CC2)C1. The number of hydrogen-bond acceptors (Lipinski definition) is 4. The van der Waals surface area contributed by atoms with E-state index >= 15 is 0 Å². The number of carbonyl (C=O) groups is 1. The Bertz CT molecular complexity index is 359. The second-order valence-corrected chi connectivity index (χ2v) is 6.85. The van der Waals surface area contributed by atoms with Gasteiger partial charge in [0.2, 0.25) is 0 Å². The van der Waals surface area contributed by atoms with Gasteiger partial charge in [0.15, 0.2) is 0 Å². The summed E-state index contributed by atoms with van der Waals surface area (Å²) in [6, 6.07) is 0.150. The molecule has 0 aromatic carbocycles. The second kappa shape index (κ2) is 8.13. The number of urea groups is 1. The third-order valence-electron chi connectivity index (χ3n) is 5.10. The lowest BCUT2D eigenvalue weighted by Crippen LogP contribution is -2.56. The van der Waals surface area contributed by atoms with Crippen molar-refractivity contribution in [2.45, 2.75) is 25.7 Å². The minimum atomic E-state index is -0.140. The van der Waals surface area contributed by atoms with Crippen molar-refractivity contribution in [2.24, 2.45) is 5.41 Å². The molecule has 0 aromatic heterocycles. The van der Waals surface area contributed by atoms with E-state index in [1.807, 2.05) is 9.80 Å². The Labute approximate surface area is 134 Å². The first-order valence-electron chi connectivity index (χ1n) is 8.42. The maximum atomic E-state index is 12.7. The Morgan fingerprint density at radius 2 is 1.91 bits per heavy atom. The van der Waals surface area contributed by atoms with Gasteiger partial charge in [-0.2, -0.15) is 0 Å². The Morgan fingerprint density at radius 1 is 1.18 bits per heavy atom. The number of methoxy groups -OCH3 is 1. The van der Waals surface area contributed by atoms with Gasteiger partial charge in [0, 0.05) is 58.4 Å². The molecule has 1 atom stereocenters. The summed E-state index contributed by atoms with van der Waals surface area (Å²) in [5, 5.41) is 9.89. The summed E-state index contributed by atoms with van der Waals surface area (Å²) < 4.78 is 5.13. The molecule has 0 aromatic rings. The van der Waals surface area contributed by atoms with E-state index in [0.717, 1.165) is 58.4 Å². The summed E-state index contributed by atoms with van der Waals surface area (Å²) in [5.41, 5.74) is -0.140. The third kappa shape index (κ3) is 4.33. The van der Waals surface area contributed by atoms with E-state index in [9.17, 15) is 9.90 Å². The normalized spacial score (nSPS) is 27.2. The molecule has 6 heteroatoms. The zero-order chi connectivity index (χ0) is 16.0. The molecule has 2 rings (SSSR count). The van der Waals surface area contributed by atoms with Gasteiger partial charge in [-0.25, -0.2) is 4.79 Å². The van der Waals surface area contributed by atoms with Crippen molar-refractivity contribution in [3.8, 4) is 0 Å². The van der Waals surface area contributed by atoms with Crippen molar-refractivity contribution in [3.63, 3.8) is 0 Å². The van der Waals surface area contributed by atoms with E-state index in [-0.39, 0.29) is 18.1 Å². The lowest BCUT2D eigenvalue weighted by Gasteiger charge is -2.44. The van der Waals surface area contributed by atoms with Crippen LogP contribution in [0.5, 0.6) is 0 Å². The number of rotatable bonds is 5. The Hall–Kier alpha value is -0.850. The molecule has 6 nitrogen and oxygen atoms in total. The maximum absolute atomic E-state index is 12.7. The maximum Gasteiger partial charge on any atom is 0.320 e. The quantitative estimate of drug-likeness (QED) is 0.765. The van der Waals surface area contributed by atoms with Crippen molar-refractivity contribution in [2.75, 3.05) is 66.6 Å². The predicted molar refractivity (Wildman–Crippen MR) is 85.9 cm³/mol. The highest BCUT2D eigenvalue weighted by Gasteiger charge is 2.37. The van der Waals surface area contributed by atoms with Crippen LogP contribution in [0.15, 0.2) is 0 Å². The summed E-state index contributed by atoms with van der Waals surface area (Å²) >= 11 is 0. The predicted octanol–water partition coefficient (Wildman–Crippen LogP) is 0.855. The fraction of sp³-hybridized carbons (Fsp3) is 0.938. The van der Waals surface area contributed by atoms with Crippen molar-refractivity contribution in [1.29, 1.82) is 0 Å². The average molecular weight is 313 g/mol. The van der Waals surface area contributed by atoms with Gasteiger partial charge >= 0.3 is 6.03 Å². The first kappa shape index (κ1) is 17.5. The van der Waals surface area contributed by atoms with Gasteiger partial charge in [-0.3, -0.25) is 0 Å². The van der Waals surface area contributed by atoms with Crippen LogP contribution in [0.1, 0.15) is 25.7 Å². The summed E-state index contributed by atoms with van der Waals surface area (Å²) in [7, 11) is 3.80. The Kier molecular flexibility index (Phi) is 6.47. The van der Waals surface area contributed by atoms with Crippen molar-refractivity contribution in [3.05, 3.63) is 0 Å². The van der Waals surface area contributed by atoms with Crippen LogP contribution in [0.4, 0.5) is 4.79 Å². The molecule has 0 unspecified atom stereocenters. The number of aliphatic hydroxyl groups is 1. The van der Waals surface area contributed by atoms with Gasteiger partial charge in [0.25, 0.3) is 0 Å². The van der Waals surface area contributed by atoms with E-state index < -0.39 is 0 Å². The number of ether oxygens (including phenoxy) is 1. The first-order valence-corrected chi connectivity index (χ1v) is 8.42. The van der Waals surface area contributed by atoms with Crippen molar-refractivity contribution < 1.29 is 14.6 Å². The summed E-state index contributed by atoms with van der Waals surface area (Å²) in [5.74, 6) is 0. The lowest BCUT2D eigenvalue weighted by atomic mass is 9.77. The van der Waals surface area contributed by atoms with E-state index in [1.165, 1.54) is 0 Å². The minimum absolute atomic E-state index is 0.140. The van der Waals surface area contributed by atoms with Gasteiger partial charge < -0.3 is 24.5 Å². The van der Waals surface area contributed by atoms with Crippen molar-refractivity contribution >= 4 is 6.03 Å². The molecule has 0 aliphatic carbocycles. The molecule has 1 N–H and O–H groups in total. The van der Waals surface area contributed by atoms with Crippen LogP contribution in [-0.2, 0) is 4.74 Å². The number of likely N-dealkylation sites (N-methyl/N-ethyl adjacent to an activating group) is 1. The zero-order valence-corrected chi connectivity index (χ0v) is 14.1. The number of hydrogen-bond donors (Lipinski definition) is 1. The standard InChI is InChI=1S/C16H31N3O3/c1-17-8-10-18(11-9-17)15(21)19-7-3-5-16(13-19,14-20)6-4-12-22-2/h20H,3-14H2,1-2H3/t16-/m0/s1. The molecule has 2 heterocycles. The van der Waals surface area contributed by atoms with Crippen LogP contribution in [0, 0.1) is 5.41 Å². The largest absolute Gasteiger partial charge is 0.396 e. The number of amides is 2.